The molecule has 2 aromatic rings. The maximum absolute atomic E-state index is 5.69. The monoisotopic (exact) mass is 359 g/mol. The molecule has 0 N–H and O–H groups in total. The Labute approximate surface area is 155 Å². The lowest BCUT2D eigenvalue weighted by Crippen LogP contribution is -2.50. The van der Waals surface area contributed by atoms with Crippen molar-refractivity contribution in [3.8, 4) is 0 Å². The highest BCUT2D eigenvalue weighted by Crippen LogP contribution is 2.21. The molecular formula is C20H29N3OS. The highest BCUT2D eigenvalue weighted by atomic mass is 32.1. The van der Waals surface area contributed by atoms with E-state index in [1.54, 1.807) is 0 Å². The number of nitrogens with zero attached hydrogens (tertiary/aromatic N) is 3. The van der Waals surface area contributed by atoms with E-state index >= 15 is 0 Å². The molecule has 4 rings (SSSR count). The topological polar surface area (TPSA) is 20.6 Å². The zero-order chi connectivity index (χ0) is 17.1. The Kier molecular flexibility index (Phi) is 5.56. The van der Waals surface area contributed by atoms with Gasteiger partial charge >= 0.3 is 0 Å². The first-order chi connectivity index (χ1) is 12.3. The number of aromatic nitrogens is 1. The third-order valence-electron chi connectivity index (χ3n) is 5.56. The predicted molar refractivity (Wildman–Crippen MR) is 103 cm³/mol. The van der Waals surface area contributed by atoms with E-state index in [1.807, 2.05) is 11.3 Å². The van der Waals surface area contributed by atoms with Gasteiger partial charge in [0.25, 0.3) is 0 Å². The molecule has 25 heavy (non-hydrogen) atoms. The molecule has 2 aliphatic rings. The molecule has 4 heterocycles. The maximum atomic E-state index is 5.69. The molecule has 1 atom stereocenters. The molecule has 5 heteroatoms. The van der Waals surface area contributed by atoms with Crippen molar-refractivity contribution in [2.45, 2.75) is 45.0 Å². The molecule has 2 fully saturated rings. The zero-order valence-corrected chi connectivity index (χ0v) is 16.0. The molecule has 1 unspecified atom stereocenters. The number of hydrogen-bond acceptors (Lipinski definition) is 4. The van der Waals surface area contributed by atoms with E-state index < -0.39 is 0 Å². The number of rotatable bonds is 5. The van der Waals surface area contributed by atoms with Crippen molar-refractivity contribution in [3.05, 3.63) is 46.4 Å². The Morgan fingerprint density at radius 3 is 2.76 bits per heavy atom. The Morgan fingerprint density at radius 2 is 2.00 bits per heavy atom. The predicted octanol–water partition coefficient (Wildman–Crippen LogP) is 3.28. The minimum Gasteiger partial charge on any atom is -0.376 e. The van der Waals surface area contributed by atoms with Crippen molar-refractivity contribution in [1.82, 2.24) is 14.4 Å². The molecule has 0 saturated carbocycles. The Hall–Kier alpha value is -1.14. The van der Waals surface area contributed by atoms with E-state index in [4.69, 9.17) is 4.74 Å². The van der Waals surface area contributed by atoms with Crippen LogP contribution in [-0.4, -0.2) is 59.3 Å². The number of morpholine rings is 1. The molecule has 2 aliphatic heterocycles. The summed E-state index contributed by atoms with van der Waals surface area (Å²) in [6.07, 6.45) is 5.19. The van der Waals surface area contributed by atoms with Crippen LogP contribution in [0.3, 0.4) is 0 Å². The summed E-state index contributed by atoms with van der Waals surface area (Å²) in [5, 5.41) is 2.16. The van der Waals surface area contributed by atoms with Gasteiger partial charge in [0.2, 0.25) is 0 Å². The van der Waals surface area contributed by atoms with Crippen LogP contribution in [0.2, 0.25) is 0 Å². The van der Waals surface area contributed by atoms with Gasteiger partial charge in [0.1, 0.15) is 0 Å². The van der Waals surface area contributed by atoms with E-state index in [0.717, 1.165) is 38.8 Å². The van der Waals surface area contributed by atoms with Crippen molar-refractivity contribution < 1.29 is 4.74 Å². The molecule has 136 valence electrons. The highest BCUT2D eigenvalue weighted by Gasteiger charge is 2.28. The van der Waals surface area contributed by atoms with Crippen molar-refractivity contribution in [2.24, 2.45) is 0 Å². The molecule has 0 radical (unpaired) electrons. The van der Waals surface area contributed by atoms with E-state index in [9.17, 15) is 0 Å². The maximum Gasteiger partial charge on any atom is 0.0674 e. The smallest absolute Gasteiger partial charge is 0.0674 e. The second-order valence-electron chi connectivity index (χ2n) is 7.39. The van der Waals surface area contributed by atoms with Gasteiger partial charge in [-0.1, -0.05) is 6.07 Å². The first kappa shape index (κ1) is 17.3. The average molecular weight is 360 g/mol. The van der Waals surface area contributed by atoms with Crippen LogP contribution < -0.4 is 0 Å². The van der Waals surface area contributed by atoms with Crippen LogP contribution in [0.4, 0.5) is 0 Å². The van der Waals surface area contributed by atoms with Gasteiger partial charge in [-0.25, -0.2) is 0 Å². The fourth-order valence-electron chi connectivity index (χ4n) is 4.17. The van der Waals surface area contributed by atoms with Crippen LogP contribution in [0, 0.1) is 0 Å². The van der Waals surface area contributed by atoms with Crippen molar-refractivity contribution in [3.63, 3.8) is 0 Å². The summed E-state index contributed by atoms with van der Waals surface area (Å²) in [5.41, 5.74) is 1.44. The van der Waals surface area contributed by atoms with E-state index in [2.05, 4.69) is 57.1 Å². The lowest BCUT2D eigenvalue weighted by Gasteiger charge is -2.41. The minimum atomic E-state index is 0.396. The van der Waals surface area contributed by atoms with Gasteiger partial charge in [-0.05, 0) is 43.3 Å². The largest absolute Gasteiger partial charge is 0.376 e. The standard InChI is InChI=1S/C20H29N3OS/c1-17-14-23(11-12-24-17)18-6-9-21(10-7-18)15-19-4-2-8-22(19)16-20-5-3-13-25-20/h2-5,8,13,17-18H,6-7,9-12,14-16H2,1H3. The number of thiophene rings is 1. The number of ether oxygens (including phenoxy) is 1. The second kappa shape index (κ2) is 8.04. The molecule has 4 nitrogen and oxygen atoms in total. The quantitative estimate of drug-likeness (QED) is 0.817. The third-order valence-corrected chi connectivity index (χ3v) is 6.42. The summed E-state index contributed by atoms with van der Waals surface area (Å²) < 4.78 is 8.10. The van der Waals surface area contributed by atoms with E-state index in [-0.39, 0.29) is 0 Å². The van der Waals surface area contributed by atoms with Gasteiger partial charge in [0.05, 0.1) is 19.3 Å². The lowest BCUT2D eigenvalue weighted by molar-refractivity contribution is -0.0438. The molecule has 0 amide bonds. The highest BCUT2D eigenvalue weighted by molar-refractivity contribution is 7.09. The second-order valence-corrected chi connectivity index (χ2v) is 8.42. The summed E-state index contributed by atoms with van der Waals surface area (Å²) in [4.78, 5) is 6.71. The summed E-state index contributed by atoms with van der Waals surface area (Å²) in [7, 11) is 0. The fraction of sp³-hybridized carbons (Fsp3) is 0.600. The third kappa shape index (κ3) is 4.34. The van der Waals surface area contributed by atoms with Gasteiger partial charge in [-0.3, -0.25) is 9.80 Å². The average Bonchev–Trinajstić information content (AvgIpc) is 3.29. The van der Waals surface area contributed by atoms with Crippen LogP contribution in [0.25, 0.3) is 0 Å². The normalized spacial score (nSPS) is 24.0. The van der Waals surface area contributed by atoms with Crippen molar-refractivity contribution in [1.29, 1.82) is 0 Å². The van der Waals surface area contributed by atoms with Gasteiger partial charge in [-0.15, -0.1) is 11.3 Å². The Bertz CT molecular complexity index is 646. The molecule has 2 saturated heterocycles. The molecule has 0 spiro atoms. The van der Waals surface area contributed by atoms with E-state index in [0.29, 0.717) is 6.10 Å². The SMILES string of the molecule is CC1CN(C2CCN(Cc3cccn3Cc3cccs3)CC2)CCO1. The molecule has 0 bridgehead atoms. The minimum absolute atomic E-state index is 0.396. The lowest BCUT2D eigenvalue weighted by atomic mass is 10.0. The molecule has 0 aromatic carbocycles. The van der Waals surface area contributed by atoms with Gasteiger partial charge in [0, 0.05) is 55.5 Å². The van der Waals surface area contributed by atoms with Gasteiger partial charge in [-0.2, -0.15) is 0 Å². The molecule has 0 aliphatic carbocycles. The van der Waals surface area contributed by atoms with Crippen LogP contribution in [-0.2, 0) is 17.8 Å². The number of likely N-dealkylation sites (tertiary alicyclic amines) is 1. The van der Waals surface area contributed by atoms with Gasteiger partial charge < -0.3 is 9.30 Å². The van der Waals surface area contributed by atoms with E-state index in [1.165, 1.54) is 36.5 Å². The fourth-order valence-corrected chi connectivity index (χ4v) is 4.87. The van der Waals surface area contributed by atoms with Crippen LogP contribution in [0.1, 0.15) is 30.3 Å². The summed E-state index contributed by atoms with van der Waals surface area (Å²) in [5.74, 6) is 0. The first-order valence-electron chi connectivity index (χ1n) is 9.52. The van der Waals surface area contributed by atoms with Crippen LogP contribution in [0.5, 0.6) is 0 Å². The zero-order valence-electron chi connectivity index (χ0n) is 15.1. The van der Waals surface area contributed by atoms with Crippen LogP contribution >= 0.6 is 11.3 Å². The van der Waals surface area contributed by atoms with Gasteiger partial charge in [0.15, 0.2) is 0 Å². The molecule has 2 aromatic heterocycles. The molecular weight excluding hydrogens is 330 g/mol. The summed E-state index contributed by atoms with van der Waals surface area (Å²) >= 11 is 1.84. The van der Waals surface area contributed by atoms with Crippen molar-refractivity contribution in [2.75, 3.05) is 32.8 Å². The number of hydrogen-bond donors (Lipinski definition) is 0. The summed E-state index contributed by atoms with van der Waals surface area (Å²) in [6, 6.07) is 9.58. The van der Waals surface area contributed by atoms with Crippen LogP contribution in [0.15, 0.2) is 35.8 Å². The summed E-state index contributed by atoms with van der Waals surface area (Å²) in [6.45, 7) is 9.81. The Morgan fingerprint density at radius 1 is 1.12 bits per heavy atom. The Balaban J connectivity index is 1.30. The number of piperidine rings is 1. The first-order valence-corrected chi connectivity index (χ1v) is 10.4. The van der Waals surface area contributed by atoms with Crippen molar-refractivity contribution >= 4 is 11.3 Å².